The molecule has 3 N–H and O–H groups in total. The third-order valence-corrected chi connectivity index (χ3v) is 8.05. The number of benzene rings is 1. The Balaban J connectivity index is 1.28. The van der Waals surface area contributed by atoms with Gasteiger partial charge in [-0.3, -0.25) is 9.20 Å². The van der Waals surface area contributed by atoms with Crippen molar-refractivity contribution in [1.29, 1.82) is 0 Å². The Morgan fingerprint density at radius 1 is 1.08 bits per heavy atom. The van der Waals surface area contributed by atoms with E-state index in [1.807, 2.05) is 24.4 Å². The van der Waals surface area contributed by atoms with E-state index < -0.39 is 0 Å². The zero-order valence-electron chi connectivity index (χ0n) is 22.3. The Hall–Kier alpha value is -4.04. The highest BCUT2D eigenvalue weighted by Crippen LogP contribution is 2.39. The molecule has 0 radical (unpaired) electrons. The molecule has 4 aromatic rings. The number of hydrogen-bond acceptors (Lipinski definition) is 6. The molecule has 0 unspecified atom stereocenters. The second kappa shape index (κ2) is 11.0. The van der Waals surface area contributed by atoms with Crippen molar-refractivity contribution in [3.05, 3.63) is 77.6 Å². The van der Waals surface area contributed by atoms with Crippen LogP contribution >= 0.6 is 0 Å². The second-order valence-electron chi connectivity index (χ2n) is 10.6. The summed E-state index contributed by atoms with van der Waals surface area (Å²) in [5, 5.41) is 2.99. The standard InChI is InChI=1S/C31H34N6O2/c1-39-19-27(38)34-18-20-7-9-23(10-8-20)31-36-28(29-30(32)33-15-16-37(29)31)24-12-11-22-13-14-25(35-26(22)17-24)21-5-3-2-4-6-21/h2-6,13-17,20,23H,7-12,18-19H2,1H3,(H2,32,33)(H,34,38). The van der Waals surface area contributed by atoms with Gasteiger partial charge in [-0.1, -0.05) is 36.4 Å². The molecule has 200 valence electrons. The number of carbonyl (C=O) groups excluding carboxylic acids is 1. The zero-order valence-corrected chi connectivity index (χ0v) is 22.3. The first-order valence-electron chi connectivity index (χ1n) is 13.7. The molecule has 0 saturated heterocycles. The van der Waals surface area contributed by atoms with E-state index in [0.29, 0.717) is 24.2 Å². The molecule has 0 spiro atoms. The van der Waals surface area contributed by atoms with Gasteiger partial charge in [0.1, 0.15) is 23.8 Å². The molecule has 8 heteroatoms. The Bertz CT molecular complexity index is 1520. The highest BCUT2D eigenvalue weighted by molar-refractivity contribution is 5.91. The fourth-order valence-corrected chi connectivity index (χ4v) is 5.97. The van der Waals surface area contributed by atoms with Gasteiger partial charge in [-0.05, 0) is 67.7 Å². The topological polar surface area (TPSA) is 107 Å². The van der Waals surface area contributed by atoms with Gasteiger partial charge in [0, 0.05) is 37.5 Å². The van der Waals surface area contributed by atoms with Crippen molar-refractivity contribution >= 4 is 28.9 Å². The molecule has 0 aliphatic heterocycles. The number of ether oxygens (including phenoxy) is 1. The number of nitrogens with zero attached hydrogens (tertiary/aromatic N) is 4. The molecule has 8 nitrogen and oxygen atoms in total. The normalized spacial score (nSPS) is 18.9. The summed E-state index contributed by atoms with van der Waals surface area (Å²) in [6, 6.07) is 14.6. The molecule has 1 aromatic carbocycles. The lowest BCUT2D eigenvalue weighted by atomic mass is 9.81. The van der Waals surface area contributed by atoms with Crippen LogP contribution in [0.4, 0.5) is 5.82 Å². The predicted molar refractivity (Wildman–Crippen MR) is 153 cm³/mol. The first-order valence-corrected chi connectivity index (χ1v) is 13.7. The van der Waals surface area contributed by atoms with E-state index in [1.165, 1.54) is 12.7 Å². The highest BCUT2D eigenvalue weighted by Gasteiger charge is 2.29. The average molecular weight is 523 g/mol. The summed E-state index contributed by atoms with van der Waals surface area (Å²) in [6.07, 6.45) is 11.9. The molecule has 0 atom stereocenters. The molecule has 0 bridgehead atoms. The Kier molecular flexibility index (Phi) is 7.11. The number of amides is 1. The first kappa shape index (κ1) is 25.2. The lowest BCUT2D eigenvalue weighted by Crippen LogP contribution is -2.33. The van der Waals surface area contributed by atoms with Crippen LogP contribution in [0.15, 0.2) is 54.9 Å². The molecule has 2 aliphatic rings. The number of carbonyl (C=O) groups is 1. The van der Waals surface area contributed by atoms with Gasteiger partial charge < -0.3 is 15.8 Å². The van der Waals surface area contributed by atoms with Crippen LogP contribution in [0.25, 0.3) is 28.4 Å². The van der Waals surface area contributed by atoms with Gasteiger partial charge >= 0.3 is 0 Å². The number of allylic oxidation sites excluding steroid dienone is 1. The summed E-state index contributed by atoms with van der Waals surface area (Å²) < 4.78 is 7.07. The summed E-state index contributed by atoms with van der Waals surface area (Å²) in [7, 11) is 1.54. The number of pyridine rings is 1. The van der Waals surface area contributed by atoms with Gasteiger partial charge in [-0.25, -0.2) is 15.0 Å². The van der Waals surface area contributed by atoms with Crippen molar-refractivity contribution in [2.45, 2.75) is 44.4 Å². The molecular formula is C31H34N6O2. The van der Waals surface area contributed by atoms with Gasteiger partial charge in [-0.15, -0.1) is 0 Å². The number of methoxy groups -OCH3 is 1. The predicted octanol–water partition coefficient (Wildman–Crippen LogP) is 4.90. The number of hydrogen-bond donors (Lipinski definition) is 2. The number of anilines is 1. The summed E-state index contributed by atoms with van der Waals surface area (Å²) in [6.45, 7) is 0.806. The van der Waals surface area contributed by atoms with E-state index in [9.17, 15) is 4.79 Å². The van der Waals surface area contributed by atoms with Crippen LogP contribution in [0.3, 0.4) is 0 Å². The van der Waals surface area contributed by atoms with E-state index in [2.05, 4.69) is 45.0 Å². The van der Waals surface area contributed by atoms with Gasteiger partial charge in [0.25, 0.3) is 0 Å². The third kappa shape index (κ3) is 5.16. The Labute approximate surface area is 228 Å². The fraction of sp³-hybridized carbons (Fsp3) is 0.355. The quantitative estimate of drug-likeness (QED) is 0.358. The smallest absolute Gasteiger partial charge is 0.245 e. The average Bonchev–Trinajstić information content (AvgIpc) is 3.37. The summed E-state index contributed by atoms with van der Waals surface area (Å²) in [5.41, 5.74) is 13.7. The van der Waals surface area contributed by atoms with Gasteiger partial charge in [-0.2, -0.15) is 0 Å². The molecule has 1 saturated carbocycles. The van der Waals surface area contributed by atoms with Crippen molar-refractivity contribution in [1.82, 2.24) is 24.7 Å². The first-order chi connectivity index (χ1) is 19.1. The minimum atomic E-state index is -0.0563. The van der Waals surface area contributed by atoms with Crippen LogP contribution in [-0.2, 0) is 16.0 Å². The monoisotopic (exact) mass is 522 g/mol. The van der Waals surface area contributed by atoms with Gasteiger partial charge in [0.05, 0.1) is 17.1 Å². The van der Waals surface area contributed by atoms with Crippen LogP contribution in [0.5, 0.6) is 0 Å². The molecule has 6 rings (SSSR count). The van der Waals surface area contributed by atoms with Crippen LogP contribution in [-0.4, -0.2) is 45.5 Å². The highest BCUT2D eigenvalue weighted by atomic mass is 16.5. The summed E-state index contributed by atoms with van der Waals surface area (Å²) in [4.78, 5) is 26.5. The summed E-state index contributed by atoms with van der Waals surface area (Å²) >= 11 is 0. The number of nitrogens with one attached hydrogen (secondary N) is 1. The lowest BCUT2D eigenvalue weighted by molar-refractivity contribution is -0.124. The van der Waals surface area contributed by atoms with Crippen molar-refractivity contribution < 1.29 is 9.53 Å². The van der Waals surface area contributed by atoms with E-state index in [4.69, 9.17) is 20.4 Å². The molecule has 1 amide bonds. The number of rotatable bonds is 7. The Morgan fingerprint density at radius 2 is 1.90 bits per heavy atom. The maximum atomic E-state index is 11.8. The number of nitrogen functional groups attached to an aromatic ring is 1. The van der Waals surface area contributed by atoms with E-state index in [0.717, 1.165) is 78.1 Å². The van der Waals surface area contributed by atoms with E-state index in [-0.39, 0.29) is 12.5 Å². The third-order valence-electron chi connectivity index (χ3n) is 8.05. The molecular weight excluding hydrogens is 488 g/mol. The fourth-order valence-electron chi connectivity index (χ4n) is 5.97. The number of aromatic nitrogens is 4. The van der Waals surface area contributed by atoms with Crippen LogP contribution in [0, 0.1) is 5.92 Å². The maximum Gasteiger partial charge on any atom is 0.245 e. The van der Waals surface area contributed by atoms with E-state index >= 15 is 0 Å². The van der Waals surface area contributed by atoms with Crippen LogP contribution in [0.2, 0.25) is 0 Å². The number of aryl methyl sites for hydroxylation is 1. The number of nitrogens with two attached hydrogens (primary N) is 1. The lowest BCUT2D eigenvalue weighted by Gasteiger charge is -2.28. The zero-order chi connectivity index (χ0) is 26.8. The molecule has 3 aromatic heterocycles. The number of imidazole rings is 1. The maximum absolute atomic E-state index is 11.8. The summed E-state index contributed by atoms with van der Waals surface area (Å²) in [5.74, 6) is 2.30. The van der Waals surface area contributed by atoms with Crippen molar-refractivity contribution in [3.8, 4) is 11.3 Å². The number of fused-ring (bicyclic) bond motifs is 2. The van der Waals surface area contributed by atoms with Crippen molar-refractivity contribution in [2.75, 3.05) is 26.0 Å². The second-order valence-corrected chi connectivity index (χ2v) is 10.6. The van der Waals surface area contributed by atoms with Crippen molar-refractivity contribution in [3.63, 3.8) is 0 Å². The molecule has 3 heterocycles. The minimum absolute atomic E-state index is 0.0563. The molecule has 2 aliphatic carbocycles. The SMILES string of the molecule is COCC(=O)NCC1CCC(c2nc(C3=Cc4nc(-c5ccccc5)ccc4CC3)c3c(N)nccn23)CC1. The molecule has 1 fully saturated rings. The largest absolute Gasteiger partial charge is 0.382 e. The van der Waals surface area contributed by atoms with Crippen LogP contribution in [0.1, 0.15) is 60.8 Å². The van der Waals surface area contributed by atoms with Gasteiger partial charge in [0.2, 0.25) is 5.91 Å². The van der Waals surface area contributed by atoms with Crippen LogP contribution < -0.4 is 11.1 Å². The Morgan fingerprint density at radius 3 is 2.69 bits per heavy atom. The van der Waals surface area contributed by atoms with Gasteiger partial charge in [0.15, 0.2) is 0 Å². The van der Waals surface area contributed by atoms with E-state index in [1.54, 1.807) is 6.20 Å². The molecule has 39 heavy (non-hydrogen) atoms. The minimum Gasteiger partial charge on any atom is -0.382 e. The van der Waals surface area contributed by atoms with Crippen molar-refractivity contribution in [2.24, 2.45) is 5.92 Å².